The lowest BCUT2D eigenvalue weighted by Crippen LogP contribution is -2.60. The van der Waals surface area contributed by atoms with E-state index in [4.69, 9.17) is 4.74 Å². The summed E-state index contributed by atoms with van der Waals surface area (Å²) < 4.78 is 5.44. The van der Waals surface area contributed by atoms with Gasteiger partial charge in [0, 0.05) is 10.5 Å². The minimum atomic E-state index is -1.07. The summed E-state index contributed by atoms with van der Waals surface area (Å²) >= 11 is 3.34. The molecule has 1 atom stereocenters. The van der Waals surface area contributed by atoms with Crippen molar-refractivity contribution in [2.75, 3.05) is 7.11 Å². The van der Waals surface area contributed by atoms with E-state index < -0.39 is 17.6 Å². The van der Waals surface area contributed by atoms with Crippen LogP contribution >= 0.6 is 15.9 Å². The molecule has 5 nitrogen and oxygen atoms in total. The zero-order valence-electron chi connectivity index (χ0n) is 12.3. The van der Waals surface area contributed by atoms with Crippen molar-refractivity contribution in [2.24, 2.45) is 0 Å². The third-order valence-corrected chi connectivity index (χ3v) is 4.20. The molecule has 1 aromatic rings. The van der Waals surface area contributed by atoms with E-state index in [0.29, 0.717) is 11.3 Å². The number of hydrogen-bond donors (Lipinski definition) is 1. The molecule has 0 bridgehead atoms. The zero-order valence-corrected chi connectivity index (χ0v) is 13.9. The van der Waals surface area contributed by atoms with Gasteiger partial charge in [-0.2, -0.15) is 9.28 Å². The number of amides is 1. The first kappa shape index (κ1) is 15.7. The molecule has 0 saturated carbocycles. The summed E-state index contributed by atoms with van der Waals surface area (Å²) in [6.45, 7) is 5.62. The number of aliphatic carboxylic acids is 1. The van der Waals surface area contributed by atoms with Crippen molar-refractivity contribution in [3.63, 3.8) is 0 Å². The van der Waals surface area contributed by atoms with Gasteiger partial charge in [-0.05, 0) is 32.9 Å². The molecule has 0 radical (unpaired) electrons. The Hall–Kier alpha value is -1.66. The molecular formula is C15H17BrNO4+. The summed E-state index contributed by atoms with van der Waals surface area (Å²) in [5.41, 5.74) is 0.645. The highest BCUT2D eigenvalue weighted by molar-refractivity contribution is 9.10. The summed E-state index contributed by atoms with van der Waals surface area (Å²) in [5.74, 6) is -1.07. The van der Waals surface area contributed by atoms with E-state index in [1.807, 2.05) is 20.8 Å². The van der Waals surface area contributed by atoms with Gasteiger partial charge in [0.15, 0.2) is 5.69 Å². The maximum atomic E-state index is 12.5. The summed E-state index contributed by atoms with van der Waals surface area (Å²) in [4.78, 5) is 24.1. The van der Waals surface area contributed by atoms with Crippen LogP contribution in [0.3, 0.4) is 0 Å². The van der Waals surface area contributed by atoms with Crippen LogP contribution in [-0.2, 0) is 9.53 Å². The number of carboxylic acids is 1. The summed E-state index contributed by atoms with van der Waals surface area (Å²) in [7, 11) is 1.30. The van der Waals surface area contributed by atoms with Gasteiger partial charge >= 0.3 is 12.1 Å². The summed E-state index contributed by atoms with van der Waals surface area (Å²) in [5, 5.41) is 9.46. The molecular weight excluding hydrogens is 338 g/mol. The first-order chi connectivity index (χ1) is 9.65. The largest absolute Gasteiger partial charge is 0.526 e. The number of hydrogen-bond acceptors (Lipinski definition) is 3. The minimum absolute atomic E-state index is 0.103. The van der Waals surface area contributed by atoms with Crippen molar-refractivity contribution in [1.29, 1.82) is 0 Å². The molecule has 0 aliphatic carbocycles. The molecule has 0 saturated heterocycles. The molecule has 1 unspecified atom stereocenters. The Labute approximate surface area is 131 Å². The fourth-order valence-electron chi connectivity index (χ4n) is 2.66. The topological polar surface area (TPSA) is 63.6 Å². The average Bonchev–Trinajstić information content (AvgIpc) is 2.73. The number of methoxy groups -OCH3 is 1. The van der Waals surface area contributed by atoms with Crippen molar-refractivity contribution in [1.82, 2.24) is 4.48 Å². The number of ether oxygens (including phenoxy) is 1. The predicted octanol–water partition coefficient (Wildman–Crippen LogP) is 3.76. The lowest BCUT2D eigenvalue weighted by molar-refractivity contribution is -0.130. The average molecular weight is 355 g/mol. The van der Waals surface area contributed by atoms with Crippen LogP contribution in [0.4, 0.5) is 10.5 Å². The van der Waals surface area contributed by atoms with Crippen LogP contribution in [-0.4, -0.2) is 29.8 Å². The predicted molar refractivity (Wildman–Crippen MR) is 83.7 cm³/mol. The fraction of sp³-hybridized carbons (Fsp3) is 0.333. The SMILES string of the molecule is COC(=O)[N+]1(C(C)(C)C)C=C(C(=O)O)c2cc(Br)ccc21. The number of fused-ring (bicyclic) bond motifs is 1. The van der Waals surface area contributed by atoms with E-state index in [1.165, 1.54) is 13.3 Å². The van der Waals surface area contributed by atoms with Gasteiger partial charge in [-0.15, -0.1) is 0 Å². The monoisotopic (exact) mass is 354 g/mol. The van der Waals surface area contributed by atoms with E-state index in [-0.39, 0.29) is 10.1 Å². The minimum Gasteiger partial charge on any atom is -0.477 e. The zero-order chi connectivity index (χ0) is 16.0. The van der Waals surface area contributed by atoms with Crippen molar-refractivity contribution in [3.8, 4) is 0 Å². The number of halogens is 1. The van der Waals surface area contributed by atoms with Crippen molar-refractivity contribution < 1.29 is 19.4 Å². The first-order valence-corrected chi connectivity index (χ1v) is 7.18. The van der Waals surface area contributed by atoms with E-state index in [1.54, 1.807) is 18.2 Å². The molecule has 1 amide bonds. The molecule has 6 heteroatoms. The van der Waals surface area contributed by atoms with Crippen molar-refractivity contribution in [3.05, 3.63) is 34.4 Å². The van der Waals surface area contributed by atoms with E-state index in [0.717, 1.165) is 4.47 Å². The van der Waals surface area contributed by atoms with Crippen LogP contribution in [0.5, 0.6) is 0 Å². The highest BCUT2D eigenvalue weighted by Gasteiger charge is 2.55. The highest BCUT2D eigenvalue weighted by atomic mass is 79.9. The number of carbonyl (C=O) groups is 2. The Morgan fingerprint density at radius 2 is 1.90 bits per heavy atom. The molecule has 0 aromatic heterocycles. The molecule has 1 heterocycles. The molecule has 1 aliphatic rings. The van der Waals surface area contributed by atoms with E-state index in [9.17, 15) is 14.7 Å². The molecule has 112 valence electrons. The maximum absolute atomic E-state index is 12.5. The van der Waals surface area contributed by atoms with Gasteiger partial charge in [-0.3, -0.25) is 0 Å². The normalized spacial score (nSPS) is 20.7. The van der Waals surface area contributed by atoms with E-state index in [2.05, 4.69) is 15.9 Å². The van der Waals surface area contributed by atoms with Crippen LogP contribution < -0.4 is 4.48 Å². The molecule has 0 spiro atoms. The molecule has 1 N–H and O–H groups in total. The molecule has 21 heavy (non-hydrogen) atoms. The summed E-state index contributed by atoms with van der Waals surface area (Å²) in [6, 6.07) is 5.26. The lowest BCUT2D eigenvalue weighted by Gasteiger charge is -2.39. The van der Waals surface area contributed by atoms with Gasteiger partial charge < -0.3 is 9.84 Å². The second-order valence-electron chi connectivity index (χ2n) is 5.87. The van der Waals surface area contributed by atoms with Gasteiger partial charge in [-0.1, -0.05) is 15.9 Å². The maximum Gasteiger partial charge on any atom is 0.526 e. The Bertz CT molecular complexity index is 660. The van der Waals surface area contributed by atoms with Gasteiger partial charge in [0.1, 0.15) is 17.3 Å². The smallest absolute Gasteiger partial charge is 0.477 e. The Balaban J connectivity index is 2.86. The van der Waals surface area contributed by atoms with Crippen molar-refractivity contribution >= 4 is 39.3 Å². The molecule has 1 aliphatic heterocycles. The van der Waals surface area contributed by atoms with Gasteiger partial charge in [-0.25, -0.2) is 4.79 Å². The Morgan fingerprint density at radius 3 is 2.38 bits per heavy atom. The lowest BCUT2D eigenvalue weighted by atomic mass is 10.0. The second kappa shape index (κ2) is 4.96. The standard InChI is InChI=1S/C15H16BrNO4/c1-15(2,3)17(14(20)21-4)8-11(13(18)19)10-7-9(16)5-6-12(10)17/h5-8H,1-4H3/p+1. The number of rotatable bonds is 1. The summed E-state index contributed by atoms with van der Waals surface area (Å²) in [6.07, 6.45) is 0.952. The third-order valence-electron chi connectivity index (χ3n) is 3.70. The molecule has 0 fully saturated rings. The number of nitrogens with zero attached hydrogens (tertiary/aromatic N) is 1. The van der Waals surface area contributed by atoms with Gasteiger partial charge in [0.25, 0.3) is 0 Å². The number of benzene rings is 1. The third kappa shape index (κ3) is 2.18. The van der Waals surface area contributed by atoms with Crippen LogP contribution in [0.15, 0.2) is 28.9 Å². The molecule has 1 aromatic carbocycles. The quantitative estimate of drug-likeness (QED) is 0.779. The number of quaternary nitrogens is 1. The second-order valence-corrected chi connectivity index (χ2v) is 6.79. The Kier molecular flexibility index (Phi) is 3.71. The van der Waals surface area contributed by atoms with Crippen molar-refractivity contribution in [2.45, 2.75) is 26.3 Å². The van der Waals surface area contributed by atoms with Crippen LogP contribution in [0.25, 0.3) is 5.57 Å². The van der Waals surface area contributed by atoms with Crippen LogP contribution in [0.2, 0.25) is 0 Å². The van der Waals surface area contributed by atoms with Gasteiger partial charge in [0.2, 0.25) is 0 Å². The fourth-order valence-corrected chi connectivity index (χ4v) is 3.02. The Morgan fingerprint density at radius 1 is 1.29 bits per heavy atom. The highest BCUT2D eigenvalue weighted by Crippen LogP contribution is 2.47. The number of carbonyl (C=O) groups excluding carboxylic acids is 1. The van der Waals surface area contributed by atoms with E-state index >= 15 is 0 Å². The first-order valence-electron chi connectivity index (χ1n) is 6.39. The molecule has 2 rings (SSSR count). The van der Waals surface area contributed by atoms with Crippen LogP contribution in [0.1, 0.15) is 26.3 Å². The number of carboxylic acid groups (broad SMARTS) is 1. The van der Waals surface area contributed by atoms with Gasteiger partial charge in [0.05, 0.1) is 12.7 Å². The van der Waals surface area contributed by atoms with Crippen LogP contribution in [0, 0.1) is 0 Å².